The summed E-state index contributed by atoms with van der Waals surface area (Å²) in [7, 11) is -3.63. The normalized spacial score (nSPS) is 13.5. The highest BCUT2D eigenvalue weighted by atomic mass is 32.2. The first kappa shape index (κ1) is 17.6. The van der Waals surface area contributed by atoms with Crippen molar-refractivity contribution in [3.8, 4) is 17.2 Å². The number of benzene rings is 2. The Bertz CT molecular complexity index is 864. The Balaban J connectivity index is 1.59. The fraction of sp³-hybridized carbons (Fsp3) is 0.333. The standard InChI is InChI=1S/C18H21NO5S/c1-13-4-3-5-16(14(13)2)22-9-8-19-25(20,21)15-6-7-17-18(12-15)24-11-10-23-17/h3-7,12,19H,8-11H2,1-2H3. The molecule has 6 nitrogen and oxygen atoms in total. The van der Waals surface area contributed by atoms with Crippen molar-refractivity contribution in [1.82, 2.24) is 4.72 Å². The van der Waals surface area contributed by atoms with Crippen LogP contribution < -0.4 is 18.9 Å². The minimum atomic E-state index is -3.63. The van der Waals surface area contributed by atoms with Gasteiger partial charge in [0, 0.05) is 12.6 Å². The first-order valence-electron chi connectivity index (χ1n) is 8.06. The summed E-state index contributed by atoms with van der Waals surface area (Å²) in [5, 5.41) is 0. The average molecular weight is 363 g/mol. The molecule has 0 atom stereocenters. The number of rotatable bonds is 6. The average Bonchev–Trinajstić information content (AvgIpc) is 2.61. The molecule has 2 aromatic rings. The smallest absolute Gasteiger partial charge is 0.240 e. The molecule has 25 heavy (non-hydrogen) atoms. The van der Waals surface area contributed by atoms with Gasteiger partial charge in [0.05, 0.1) is 4.90 Å². The third kappa shape index (κ3) is 4.05. The monoisotopic (exact) mass is 363 g/mol. The second-order valence-corrected chi connectivity index (χ2v) is 7.52. The van der Waals surface area contributed by atoms with Gasteiger partial charge in [-0.15, -0.1) is 0 Å². The minimum Gasteiger partial charge on any atom is -0.492 e. The van der Waals surface area contributed by atoms with Gasteiger partial charge in [0.15, 0.2) is 11.5 Å². The predicted molar refractivity (Wildman–Crippen MR) is 94.0 cm³/mol. The summed E-state index contributed by atoms with van der Waals surface area (Å²) in [5.41, 5.74) is 2.19. The van der Waals surface area contributed by atoms with E-state index in [9.17, 15) is 8.42 Å². The molecule has 134 valence electrons. The first-order valence-corrected chi connectivity index (χ1v) is 9.54. The minimum absolute atomic E-state index is 0.142. The molecule has 1 aliphatic heterocycles. The maximum atomic E-state index is 12.4. The fourth-order valence-electron chi connectivity index (χ4n) is 2.49. The van der Waals surface area contributed by atoms with Crippen LogP contribution in [0.2, 0.25) is 0 Å². The van der Waals surface area contributed by atoms with E-state index < -0.39 is 10.0 Å². The maximum Gasteiger partial charge on any atom is 0.240 e. The third-order valence-corrected chi connectivity index (χ3v) is 5.49. The molecule has 7 heteroatoms. The first-order chi connectivity index (χ1) is 12.0. The molecule has 0 amide bonds. The van der Waals surface area contributed by atoms with E-state index in [0.29, 0.717) is 24.7 Å². The Morgan fingerprint density at radius 3 is 2.64 bits per heavy atom. The van der Waals surface area contributed by atoms with E-state index in [0.717, 1.165) is 16.9 Å². The Kier molecular flexibility index (Phi) is 5.15. The number of aryl methyl sites for hydroxylation is 1. The summed E-state index contributed by atoms with van der Waals surface area (Å²) >= 11 is 0. The zero-order chi connectivity index (χ0) is 17.9. The quantitative estimate of drug-likeness (QED) is 0.798. The molecule has 0 aromatic heterocycles. The summed E-state index contributed by atoms with van der Waals surface area (Å²) < 4.78 is 43.8. The van der Waals surface area contributed by atoms with Crippen LogP contribution in [0.3, 0.4) is 0 Å². The summed E-state index contributed by atoms with van der Waals surface area (Å²) in [6.45, 7) is 5.27. The van der Waals surface area contributed by atoms with Crippen molar-refractivity contribution in [2.24, 2.45) is 0 Å². The van der Waals surface area contributed by atoms with Crippen molar-refractivity contribution in [3.05, 3.63) is 47.5 Å². The highest BCUT2D eigenvalue weighted by Crippen LogP contribution is 2.32. The molecule has 0 radical (unpaired) electrons. The van der Waals surface area contributed by atoms with E-state index in [1.165, 1.54) is 12.1 Å². The van der Waals surface area contributed by atoms with Gasteiger partial charge in [-0.1, -0.05) is 12.1 Å². The molecule has 0 saturated heterocycles. The summed E-state index contributed by atoms with van der Waals surface area (Å²) in [6, 6.07) is 10.4. The maximum absolute atomic E-state index is 12.4. The van der Waals surface area contributed by atoms with Crippen LogP contribution in [0.25, 0.3) is 0 Å². The largest absolute Gasteiger partial charge is 0.492 e. The zero-order valence-corrected chi connectivity index (χ0v) is 15.1. The molecule has 1 N–H and O–H groups in total. The zero-order valence-electron chi connectivity index (χ0n) is 14.2. The van der Waals surface area contributed by atoms with Crippen molar-refractivity contribution >= 4 is 10.0 Å². The fourth-order valence-corrected chi connectivity index (χ4v) is 3.52. The van der Waals surface area contributed by atoms with Crippen LogP contribution in [0, 0.1) is 13.8 Å². The van der Waals surface area contributed by atoms with Crippen molar-refractivity contribution in [2.45, 2.75) is 18.7 Å². The summed E-state index contributed by atoms with van der Waals surface area (Å²) in [6.07, 6.45) is 0. The van der Waals surface area contributed by atoms with E-state index >= 15 is 0 Å². The lowest BCUT2D eigenvalue weighted by Crippen LogP contribution is -2.28. The lowest BCUT2D eigenvalue weighted by Gasteiger charge is -2.19. The molecule has 1 aliphatic rings. The van der Waals surface area contributed by atoms with Gasteiger partial charge in [-0.25, -0.2) is 13.1 Å². The second-order valence-electron chi connectivity index (χ2n) is 5.75. The van der Waals surface area contributed by atoms with Crippen molar-refractivity contribution in [3.63, 3.8) is 0 Å². The van der Waals surface area contributed by atoms with Crippen LogP contribution in [0.4, 0.5) is 0 Å². The van der Waals surface area contributed by atoms with Gasteiger partial charge in [0.25, 0.3) is 0 Å². The Morgan fingerprint density at radius 1 is 1.08 bits per heavy atom. The Labute approximate surface area is 147 Å². The van der Waals surface area contributed by atoms with Crippen molar-refractivity contribution < 1.29 is 22.6 Å². The van der Waals surface area contributed by atoms with Gasteiger partial charge in [-0.2, -0.15) is 0 Å². The molecular formula is C18H21NO5S. The SMILES string of the molecule is Cc1cccc(OCCNS(=O)(=O)c2ccc3c(c2)OCCO3)c1C. The highest BCUT2D eigenvalue weighted by molar-refractivity contribution is 7.89. The van der Waals surface area contributed by atoms with E-state index in [2.05, 4.69) is 4.72 Å². The van der Waals surface area contributed by atoms with Crippen LogP contribution in [-0.2, 0) is 10.0 Å². The summed E-state index contributed by atoms with van der Waals surface area (Å²) in [5.74, 6) is 1.77. The molecule has 3 rings (SSSR count). The lowest BCUT2D eigenvalue weighted by atomic mass is 10.1. The van der Waals surface area contributed by atoms with Crippen molar-refractivity contribution in [1.29, 1.82) is 0 Å². The molecule has 0 saturated carbocycles. The van der Waals surface area contributed by atoms with Gasteiger partial charge in [-0.05, 0) is 43.2 Å². The molecule has 0 aliphatic carbocycles. The van der Waals surface area contributed by atoms with Crippen molar-refractivity contribution in [2.75, 3.05) is 26.4 Å². The Morgan fingerprint density at radius 2 is 1.84 bits per heavy atom. The van der Waals surface area contributed by atoms with Gasteiger partial charge >= 0.3 is 0 Å². The number of hydrogen-bond acceptors (Lipinski definition) is 5. The molecule has 0 bridgehead atoms. The van der Waals surface area contributed by atoms with E-state index in [-0.39, 0.29) is 18.0 Å². The van der Waals surface area contributed by atoms with Gasteiger partial charge in [-0.3, -0.25) is 0 Å². The topological polar surface area (TPSA) is 73.9 Å². The third-order valence-electron chi connectivity index (χ3n) is 4.03. The molecule has 1 heterocycles. The Hall–Kier alpha value is -2.25. The molecule has 0 fully saturated rings. The van der Waals surface area contributed by atoms with Gasteiger partial charge in [0.2, 0.25) is 10.0 Å². The summed E-state index contributed by atoms with van der Waals surface area (Å²) in [4.78, 5) is 0.142. The van der Waals surface area contributed by atoms with E-state index in [1.54, 1.807) is 6.07 Å². The van der Waals surface area contributed by atoms with Gasteiger partial charge in [0.1, 0.15) is 25.6 Å². The number of sulfonamides is 1. The highest BCUT2D eigenvalue weighted by Gasteiger charge is 2.19. The van der Waals surface area contributed by atoms with E-state index in [4.69, 9.17) is 14.2 Å². The molecular weight excluding hydrogens is 342 g/mol. The number of ether oxygens (including phenoxy) is 3. The lowest BCUT2D eigenvalue weighted by molar-refractivity contribution is 0.171. The van der Waals surface area contributed by atoms with Gasteiger partial charge < -0.3 is 14.2 Å². The number of nitrogens with one attached hydrogen (secondary N) is 1. The number of fused-ring (bicyclic) bond motifs is 1. The predicted octanol–water partition coefficient (Wildman–Crippen LogP) is 2.43. The number of hydrogen-bond donors (Lipinski definition) is 1. The molecule has 0 spiro atoms. The van der Waals surface area contributed by atoms with Crippen LogP contribution >= 0.6 is 0 Å². The van der Waals surface area contributed by atoms with Crippen LogP contribution in [0.15, 0.2) is 41.3 Å². The van der Waals surface area contributed by atoms with E-state index in [1.807, 2.05) is 32.0 Å². The van der Waals surface area contributed by atoms with Crippen LogP contribution in [0.5, 0.6) is 17.2 Å². The van der Waals surface area contributed by atoms with Crippen LogP contribution in [0.1, 0.15) is 11.1 Å². The van der Waals surface area contributed by atoms with Crippen LogP contribution in [-0.4, -0.2) is 34.8 Å². The molecule has 2 aromatic carbocycles. The molecule has 0 unspecified atom stereocenters. The second kappa shape index (κ2) is 7.33.